The molecule has 6 heteroatoms. The molecule has 1 heterocycles. The number of carbonyl (C=O) groups is 1. The van der Waals surface area contributed by atoms with E-state index in [1.807, 2.05) is 12.1 Å². The molecule has 0 spiro atoms. The minimum atomic E-state index is -0.282. The van der Waals surface area contributed by atoms with Crippen LogP contribution in [0.5, 0.6) is 0 Å². The Kier molecular flexibility index (Phi) is 4.78. The van der Waals surface area contributed by atoms with Gasteiger partial charge in [-0.25, -0.2) is 0 Å². The number of thioether (sulfide) groups is 1. The lowest BCUT2D eigenvalue weighted by molar-refractivity contribution is -0.144. The van der Waals surface area contributed by atoms with Crippen LogP contribution < -0.4 is 5.32 Å². The van der Waals surface area contributed by atoms with Crippen molar-refractivity contribution < 1.29 is 9.53 Å². The molecule has 0 radical (unpaired) electrons. The number of hydrogen-bond acceptors (Lipinski definition) is 4. The monoisotopic (exact) mass is 305 g/mol. The molecule has 1 aromatic rings. The number of nitrogens with one attached hydrogen (secondary N) is 1. The normalized spacial score (nSPS) is 23.1. The summed E-state index contributed by atoms with van der Waals surface area (Å²) in [7, 11) is 0. The fourth-order valence-electron chi connectivity index (χ4n) is 1.75. The molecule has 0 amide bonds. The van der Waals surface area contributed by atoms with E-state index in [2.05, 4.69) is 5.32 Å². The first kappa shape index (κ1) is 14.0. The predicted octanol–water partition coefficient (Wildman–Crippen LogP) is 3.26. The van der Waals surface area contributed by atoms with Gasteiger partial charge in [0.1, 0.15) is 6.04 Å². The maximum absolute atomic E-state index is 11.6. The SMILES string of the molecule is CCOC(=O)[C@@H]1CSC(c2cccc(Cl)c2Cl)N1. The fourth-order valence-corrected chi connectivity index (χ4v) is 3.49. The highest BCUT2D eigenvalue weighted by Crippen LogP contribution is 2.39. The summed E-state index contributed by atoms with van der Waals surface area (Å²) in [5.74, 6) is 0.456. The van der Waals surface area contributed by atoms with Gasteiger partial charge in [0.25, 0.3) is 0 Å². The average molecular weight is 306 g/mol. The van der Waals surface area contributed by atoms with Crippen molar-refractivity contribution in [2.24, 2.45) is 0 Å². The van der Waals surface area contributed by atoms with Crippen molar-refractivity contribution in [3.63, 3.8) is 0 Å². The van der Waals surface area contributed by atoms with E-state index in [1.165, 1.54) is 0 Å². The molecule has 2 atom stereocenters. The van der Waals surface area contributed by atoms with Crippen molar-refractivity contribution in [3.05, 3.63) is 33.8 Å². The molecule has 1 unspecified atom stereocenters. The topological polar surface area (TPSA) is 38.3 Å². The Morgan fingerprint density at radius 1 is 1.56 bits per heavy atom. The quantitative estimate of drug-likeness (QED) is 0.870. The molecular formula is C12H13Cl2NO2S. The third-order valence-electron chi connectivity index (χ3n) is 2.62. The summed E-state index contributed by atoms with van der Waals surface area (Å²) in [6.45, 7) is 2.19. The minimum absolute atomic E-state index is 0.0226. The molecule has 1 aliphatic rings. The summed E-state index contributed by atoms with van der Waals surface area (Å²) < 4.78 is 4.99. The Balaban J connectivity index is 2.09. The zero-order valence-electron chi connectivity index (χ0n) is 9.78. The van der Waals surface area contributed by atoms with Crippen LogP contribution in [0.15, 0.2) is 18.2 Å². The maximum Gasteiger partial charge on any atom is 0.324 e. The highest BCUT2D eigenvalue weighted by molar-refractivity contribution is 7.99. The molecule has 2 rings (SSSR count). The van der Waals surface area contributed by atoms with E-state index in [-0.39, 0.29) is 17.4 Å². The number of benzene rings is 1. The van der Waals surface area contributed by atoms with Gasteiger partial charge < -0.3 is 4.74 Å². The molecule has 0 aliphatic carbocycles. The van der Waals surface area contributed by atoms with Crippen LogP contribution >= 0.6 is 35.0 Å². The van der Waals surface area contributed by atoms with Crippen LogP contribution in [-0.4, -0.2) is 24.4 Å². The summed E-state index contributed by atoms with van der Waals surface area (Å²) in [5, 5.41) is 4.24. The number of halogens is 2. The number of hydrogen-bond donors (Lipinski definition) is 1. The summed E-state index contributed by atoms with van der Waals surface area (Å²) in [6.07, 6.45) is 0. The van der Waals surface area contributed by atoms with Gasteiger partial charge in [0, 0.05) is 5.75 Å². The summed E-state index contributed by atoms with van der Waals surface area (Å²) in [4.78, 5) is 11.6. The molecule has 1 N–H and O–H groups in total. The zero-order valence-corrected chi connectivity index (χ0v) is 12.1. The van der Waals surface area contributed by atoms with Gasteiger partial charge in [0.15, 0.2) is 0 Å². The Hall–Kier alpha value is -0.420. The number of rotatable bonds is 3. The average Bonchev–Trinajstić information content (AvgIpc) is 2.82. The first-order chi connectivity index (χ1) is 8.63. The van der Waals surface area contributed by atoms with E-state index in [1.54, 1.807) is 24.8 Å². The molecule has 18 heavy (non-hydrogen) atoms. The van der Waals surface area contributed by atoms with Gasteiger partial charge in [0.2, 0.25) is 0 Å². The van der Waals surface area contributed by atoms with Crippen LogP contribution in [0.2, 0.25) is 10.0 Å². The van der Waals surface area contributed by atoms with E-state index >= 15 is 0 Å². The maximum atomic E-state index is 11.6. The van der Waals surface area contributed by atoms with Crippen molar-refractivity contribution in [1.29, 1.82) is 0 Å². The van der Waals surface area contributed by atoms with Crippen LogP contribution in [0.1, 0.15) is 17.9 Å². The van der Waals surface area contributed by atoms with Crippen LogP contribution in [-0.2, 0) is 9.53 Å². The smallest absolute Gasteiger partial charge is 0.324 e. The van der Waals surface area contributed by atoms with Gasteiger partial charge in [-0.15, -0.1) is 11.8 Å². The van der Waals surface area contributed by atoms with Gasteiger partial charge in [0.05, 0.1) is 22.0 Å². The van der Waals surface area contributed by atoms with E-state index in [0.29, 0.717) is 22.4 Å². The van der Waals surface area contributed by atoms with Gasteiger partial charge in [-0.05, 0) is 18.6 Å². The molecule has 1 aromatic carbocycles. The van der Waals surface area contributed by atoms with Gasteiger partial charge in [-0.3, -0.25) is 10.1 Å². The minimum Gasteiger partial charge on any atom is -0.465 e. The molecular weight excluding hydrogens is 293 g/mol. The molecule has 0 bridgehead atoms. The third kappa shape index (κ3) is 2.94. The van der Waals surface area contributed by atoms with Crippen molar-refractivity contribution in [3.8, 4) is 0 Å². The molecule has 1 fully saturated rings. The Morgan fingerprint density at radius 3 is 3.06 bits per heavy atom. The first-order valence-corrected chi connectivity index (χ1v) is 7.42. The largest absolute Gasteiger partial charge is 0.465 e. The molecule has 3 nitrogen and oxygen atoms in total. The predicted molar refractivity (Wildman–Crippen MR) is 75.2 cm³/mol. The third-order valence-corrected chi connectivity index (χ3v) is 4.70. The molecule has 1 aliphatic heterocycles. The van der Waals surface area contributed by atoms with Crippen molar-refractivity contribution in [2.75, 3.05) is 12.4 Å². The number of carbonyl (C=O) groups excluding carboxylic acids is 1. The first-order valence-electron chi connectivity index (χ1n) is 5.61. The van der Waals surface area contributed by atoms with E-state index < -0.39 is 0 Å². The van der Waals surface area contributed by atoms with Crippen LogP contribution in [0.25, 0.3) is 0 Å². The van der Waals surface area contributed by atoms with Crippen molar-refractivity contribution >= 4 is 40.9 Å². The van der Waals surface area contributed by atoms with E-state index in [0.717, 1.165) is 5.56 Å². The molecule has 1 saturated heterocycles. The highest BCUT2D eigenvalue weighted by atomic mass is 35.5. The van der Waals surface area contributed by atoms with Crippen molar-refractivity contribution in [2.45, 2.75) is 18.3 Å². The van der Waals surface area contributed by atoms with Crippen LogP contribution in [0, 0.1) is 0 Å². The fraction of sp³-hybridized carbons (Fsp3) is 0.417. The van der Waals surface area contributed by atoms with Gasteiger partial charge in [-0.1, -0.05) is 35.3 Å². The molecule has 98 valence electrons. The van der Waals surface area contributed by atoms with Gasteiger partial charge in [-0.2, -0.15) is 0 Å². The number of esters is 1. The Morgan fingerprint density at radius 2 is 2.33 bits per heavy atom. The zero-order chi connectivity index (χ0) is 13.1. The lowest BCUT2D eigenvalue weighted by atomic mass is 10.2. The number of ether oxygens (including phenoxy) is 1. The summed E-state index contributed by atoms with van der Waals surface area (Å²) in [6, 6.07) is 5.22. The lowest BCUT2D eigenvalue weighted by Gasteiger charge is -2.14. The Bertz CT molecular complexity index is 456. The highest BCUT2D eigenvalue weighted by Gasteiger charge is 2.32. The van der Waals surface area contributed by atoms with E-state index in [9.17, 15) is 4.79 Å². The van der Waals surface area contributed by atoms with E-state index in [4.69, 9.17) is 27.9 Å². The second-order valence-corrected chi connectivity index (χ2v) is 5.75. The van der Waals surface area contributed by atoms with Gasteiger partial charge >= 0.3 is 5.97 Å². The lowest BCUT2D eigenvalue weighted by Crippen LogP contribution is -2.35. The summed E-state index contributed by atoms with van der Waals surface area (Å²) >= 11 is 13.8. The molecule has 0 saturated carbocycles. The van der Waals surface area contributed by atoms with Crippen LogP contribution in [0.4, 0.5) is 0 Å². The van der Waals surface area contributed by atoms with Crippen molar-refractivity contribution in [1.82, 2.24) is 5.32 Å². The second-order valence-electron chi connectivity index (χ2n) is 3.83. The summed E-state index contributed by atoms with van der Waals surface area (Å²) in [5.41, 5.74) is 0.904. The molecule has 0 aromatic heterocycles. The van der Waals surface area contributed by atoms with Crippen LogP contribution in [0.3, 0.4) is 0 Å². The standard InChI is InChI=1S/C12H13Cl2NO2S/c1-2-17-12(16)9-6-18-11(15-9)7-4-3-5-8(13)10(7)14/h3-5,9,11,15H,2,6H2,1H3/t9-,11?/m0/s1. The second kappa shape index (κ2) is 6.15. The Labute approximate surface area is 120 Å².